The Labute approximate surface area is 147 Å². The molecule has 8 heteroatoms. The number of rotatable bonds is 6. The normalized spacial score (nSPS) is 13.7. The van der Waals surface area contributed by atoms with Crippen LogP contribution in [0, 0.1) is 0 Å². The van der Waals surface area contributed by atoms with E-state index in [1.807, 2.05) is 32.0 Å². The van der Waals surface area contributed by atoms with E-state index >= 15 is 0 Å². The summed E-state index contributed by atoms with van der Waals surface area (Å²) in [5, 5.41) is 3.13. The summed E-state index contributed by atoms with van der Waals surface area (Å²) in [6.07, 6.45) is 1.37. The Balaban J connectivity index is 1.77. The largest absolute Gasteiger partial charge is 0.486 e. The maximum atomic E-state index is 12.5. The van der Waals surface area contributed by atoms with Crippen molar-refractivity contribution in [2.45, 2.75) is 18.7 Å². The number of benzene rings is 1. The van der Waals surface area contributed by atoms with Gasteiger partial charge in [0.25, 0.3) is 0 Å². The van der Waals surface area contributed by atoms with Crippen LogP contribution in [0.2, 0.25) is 0 Å². The average Bonchev–Trinajstić information content (AvgIpc) is 2.63. The molecule has 0 amide bonds. The van der Waals surface area contributed by atoms with E-state index in [4.69, 9.17) is 9.47 Å². The Morgan fingerprint density at radius 1 is 1.08 bits per heavy atom. The van der Waals surface area contributed by atoms with Gasteiger partial charge in [0.05, 0.1) is 0 Å². The van der Waals surface area contributed by atoms with Crippen molar-refractivity contribution >= 4 is 21.5 Å². The summed E-state index contributed by atoms with van der Waals surface area (Å²) in [5.41, 5.74) is 0.788. The van der Waals surface area contributed by atoms with E-state index in [0.29, 0.717) is 43.6 Å². The first kappa shape index (κ1) is 17.5. The minimum atomic E-state index is -3.50. The lowest BCUT2D eigenvalue weighted by Gasteiger charge is -2.19. The molecule has 0 saturated heterocycles. The Kier molecular flexibility index (Phi) is 5.10. The van der Waals surface area contributed by atoms with Crippen molar-refractivity contribution < 1.29 is 17.9 Å². The lowest BCUT2D eigenvalue weighted by Crippen LogP contribution is -2.30. The van der Waals surface area contributed by atoms with Crippen molar-refractivity contribution in [1.29, 1.82) is 0 Å². The van der Waals surface area contributed by atoms with E-state index in [2.05, 4.69) is 10.3 Å². The highest BCUT2D eigenvalue weighted by Gasteiger charge is 2.21. The molecule has 1 aliphatic rings. The number of nitrogens with one attached hydrogen (secondary N) is 1. The Bertz CT molecular complexity index is 833. The zero-order valence-electron chi connectivity index (χ0n) is 14.2. The van der Waals surface area contributed by atoms with Gasteiger partial charge in [-0.3, -0.25) is 0 Å². The van der Waals surface area contributed by atoms with Crippen LogP contribution in [0.1, 0.15) is 13.8 Å². The molecule has 3 rings (SSSR count). The van der Waals surface area contributed by atoms with Gasteiger partial charge in [0.15, 0.2) is 11.5 Å². The molecule has 0 aliphatic carbocycles. The first-order chi connectivity index (χ1) is 12.0. The maximum absolute atomic E-state index is 12.5. The van der Waals surface area contributed by atoms with Gasteiger partial charge in [0, 0.05) is 31.0 Å². The highest BCUT2D eigenvalue weighted by molar-refractivity contribution is 7.89. The van der Waals surface area contributed by atoms with Gasteiger partial charge in [0.1, 0.15) is 23.9 Å². The molecule has 2 aromatic rings. The molecule has 7 nitrogen and oxygen atoms in total. The predicted octanol–water partition coefficient (Wildman–Crippen LogP) is 2.63. The van der Waals surface area contributed by atoms with Crippen LogP contribution in [-0.4, -0.2) is 44.0 Å². The number of nitrogens with zero attached hydrogens (tertiary/aromatic N) is 2. The Morgan fingerprint density at radius 2 is 1.80 bits per heavy atom. The van der Waals surface area contributed by atoms with Gasteiger partial charge >= 0.3 is 0 Å². The van der Waals surface area contributed by atoms with Crippen LogP contribution < -0.4 is 14.8 Å². The van der Waals surface area contributed by atoms with Crippen molar-refractivity contribution in [3.05, 3.63) is 36.5 Å². The molecule has 1 aromatic heterocycles. The maximum Gasteiger partial charge on any atom is 0.244 e. The van der Waals surface area contributed by atoms with Gasteiger partial charge in [-0.1, -0.05) is 13.8 Å². The number of hydrogen-bond acceptors (Lipinski definition) is 6. The van der Waals surface area contributed by atoms with Crippen LogP contribution in [0.25, 0.3) is 0 Å². The minimum Gasteiger partial charge on any atom is -0.486 e. The Hall–Kier alpha value is -2.32. The van der Waals surface area contributed by atoms with Crippen LogP contribution in [0.5, 0.6) is 11.5 Å². The van der Waals surface area contributed by atoms with Gasteiger partial charge in [-0.25, -0.2) is 13.4 Å². The second-order valence-corrected chi connectivity index (χ2v) is 7.39. The molecule has 134 valence electrons. The molecule has 0 unspecified atom stereocenters. The first-order valence-electron chi connectivity index (χ1n) is 8.17. The molecule has 2 heterocycles. The molecule has 0 spiro atoms. The lowest BCUT2D eigenvalue weighted by molar-refractivity contribution is 0.171. The third kappa shape index (κ3) is 3.69. The molecule has 0 atom stereocenters. The van der Waals surface area contributed by atoms with Crippen LogP contribution >= 0.6 is 0 Å². The molecular weight excluding hydrogens is 342 g/mol. The van der Waals surface area contributed by atoms with Crippen molar-refractivity contribution in [2.24, 2.45) is 0 Å². The summed E-state index contributed by atoms with van der Waals surface area (Å²) in [6, 6.07) is 8.72. The van der Waals surface area contributed by atoms with Crippen molar-refractivity contribution in [2.75, 3.05) is 31.6 Å². The third-order valence-corrected chi connectivity index (χ3v) is 5.93. The number of sulfonamides is 1. The first-order valence-corrected chi connectivity index (χ1v) is 9.61. The van der Waals surface area contributed by atoms with Gasteiger partial charge in [-0.15, -0.1) is 0 Å². The average molecular weight is 363 g/mol. The van der Waals surface area contributed by atoms with Crippen LogP contribution in [0.4, 0.5) is 11.5 Å². The van der Waals surface area contributed by atoms with Gasteiger partial charge in [0.2, 0.25) is 10.0 Å². The number of fused-ring (bicyclic) bond motifs is 1. The molecule has 0 fully saturated rings. The topological polar surface area (TPSA) is 80.8 Å². The molecule has 25 heavy (non-hydrogen) atoms. The fourth-order valence-corrected chi connectivity index (χ4v) is 3.99. The summed E-state index contributed by atoms with van der Waals surface area (Å²) in [5.74, 6) is 1.94. The fourth-order valence-electron chi connectivity index (χ4n) is 2.59. The van der Waals surface area contributed by atoms with Crippen LogP contribution in [0.3, 0.4) is 0 Å². The molecule has 0 radical (unpaired) electrons. The van der Waals surface area contributed by atoms with Gasteiger partial charge in [-0.05, 0) is 24.3 Å². The monoisotopic (exact) mass is 363 g/mol. The second-order valence-electron chi connectivity index (χ2n) is 5.45. The molecule has 0 bridgehead atoms. The van der Waals surface area contributed by atoms with Gasteiger partial charge in [-0.2, -0.15) is 4.31 Å². The zero-order chi connectivity index (χ0) is 17.9. The van der Waals surface area contributed by atoms with Crippen molar-refractivity contribution in [1.82, 2.24) is 9.29 Å². The number of aromatic nitrogens is 1. The van der Waals surface area contributed by atoms with E-state index in [0.717, 1.165) is 5.69 Å². The molecular formula is C17H21N3O4S. The summed E-state index contributed by atoms with van der Waals surface area (Å²) in [7, 11) is -3.50. The van der Waals surface area contributed by atoms with Crippen LogP contribution in [-0.2, 0) is 10.0 Å². The smallest absolute Gasteiger partial charge is 0.244 e. The summed E-state index contributed by atoms with van der Waals surface area (Å²) >= 11 is 0. The molecule has 1 aliphatic heterocycles. The molecule has 1 N–H and O–H groups in total. The van der Waals surface area contributed by atoms with E-state index < -0.39 is 10.0 Å². The molecule has 1 aromatic carbocycles. The number of anilines is 2. The highest BCUT2D eigenvalue weighted by Crippen LogP contribution is 2.33. The van der Waals surface area contributed by atoms with Gasteiger partial charge < -0.3 is 14.8 Å². The number of ether oxygens (including phenoxy) is 2. The zero-order valence-corrected chi connectivity index (χ0v) is 15.0. The summed E-state index contributed by atoms with van der Waals surface area (Å²) in [4.78, 5) is 4.40. The van der Waals surface area contributed by atoms with E-state index in [1.54, 1.807) is 12.1 Å². The highest BCUT2D eigenvalue weighted by atomic mass is 32.2. The summed E-state index contributed by atoms with van der Waals surface area (Å²) < 4.78 is 37.4. The standard InChI is InChI=1S/C17H21N3O4S/c1-3-20(4-2)25(21,22)14-6-8-17(18-12-14)19-13-5-7-15-16(11-13)24-10-9-23-15/h5-8,11-12H,3-4,9-10H2,1-2H3,(H,18,19). The van der Waals surface area contributed by atoms with Crippen molar-refractivity contribution in [3.8, 4) is 11.5 Å². The minimum absolute atomic E-state index is 0.184. The van der Waals surface area contributed by atoms with E-state index in [1.165, 1.54) is 10.5 Å². The number of pyridine rings is 1. The van der Waals surface area contributed by atoms with E-state index in [9.17, 15) is 8.42 Å². The SMILES string of the molecule is CCN(CC)S(=O)(=O)c1ccc(Nc2ccc3c(c2)OCCO3)nc1. The quantitative estimate of drug-likeness (QED) is 0.850. The Morgan fingerprint density at radius 3 is 2.44 bits per heavy atom. The predicted molar refractivity (Wildman–Crippen MR) is 95.1 cm³/mol. The lowest BCUT2D eigenvalue weighted by atomic mass is 10.2. The van der Waals surface area contributed by atoms with Crippen molar-refractivity contribution in [3.63, 3.8) is 0 Å². The van der Waals surface area contributed by atoms with Crippen LogP contribution in [0.15, 0.2) is 41.4 Å². The second kappa shape index (κ2) is 7.28. The molecule has 0 saturated carbocycles. The van der Waals surface area contributed by atoms with E-state index in [-0.39, 0.29) is 4.90 Å². The number of hydrogen-bond donors (Lipinski definition) is 1. The summed E-state index contributed by atoms with van der Waals surface area (Å²) in [6.45, 7) is 5.54. The fraction of sp³-hybridized carbons (Fsp3) is 0.353. The third-order valence-electron chi connectivity index (χ3n) is 3.89.